The number of ether oxygens (including phenoxy) is 1. The Bertz CT molecular complexity index is 1200. The highest BCUT2D eigenvalue weighted by atomic mass is 79.9. The number of hydrogen-bond donors (Lipinski definition) is 1. The molecule has 4 aromatic rings. The van der Waals surface area contributed by atoms with E-state index in [0.717, 1.165) is 32.7 Å². The van der Waals surface area contributed by atoms with Crippen LogP contribution in [0.15, 0.2) is 77.3 Å². The topological polar surface area (TPSA) is 69.0 Å². The predicted octanol–water partition coefficient (Wildman–Crippen LogP) is 5.66. The van der Waals surface area contributed by atoms with Crippen LogP contribution in [0.25, 0.3) is 17.1 Å². The van der Waals surface area contributed by atoms with Gasteiger partial charge in [-0.25, -0.2) is 9.67 Å². The lowest BCUT2D eigenvalue weighted by atomic mass is 10.2. The van der Waals surface area contributed by atoms with Gasteiger partial charge in [-0.1, -0.05) is 46.3 Å². The van der Waals surface area contributed by atoms with Gasteiger partial charge in [-0.2, -0.15) is 0 Å². The molecule has 0 unspecified atom stereocenters. The van der Waals surface area contributed by atoms with Gasteiger partial charge in [0.25, 0.3) is 5.91 Å². The van der Waals surface area contributed by atoms with Crippen molar-refractivity contribution in [3.63, 3.8) is 0 Å². The summed E-state index contributed by atoms with van der Waals surface area (Å²) in [7, 11) is 0. The maximum absolute atomic E-state index is 12.9. The first-order valence-corrected chi connectivity index (χ1v) is 10.7. The number of benzene rings is 3. The molecule has 0 saturated carbocycles. The van der Waals surface area contributed by atoms with Crippen molar-refractivity contribution in [3.8, 4) is 22.8 Å². The molecule has 6 nitrogen and oxygen atoms in total. The number of anilines is 1. The number of halogens is 1. The summed E-state index contributed by atoms with van der Waals surface area (Å²) in [6.45, 7) is 4.47. The number of carbonyl (C=O) groups excluding carboxylic acids is 1. The average molecular weight is 477 g/mol. The molecule has 31 heavy (non-hydrogen) atoms. The summed E-state index contributed by atoms with van der Waals surface area (Å²) in [5.74, 6) is 1.08. The third kappa shape index (κ3) is 4.67. The highest BCUT2D eigenvalue weighted by molar-refractivity contribution is 9.10. The SMILES string of the molecule is CCOc1ccc(-n2nc(C(=O)Nc3ccccc3C)nc2-c2ccc(Br)cc2)cc1. The molecule has 0 radical (unpaired) electrons. The number of aryl methyl sites for hydroxylation is 1. The zero-order chi connectivity index (χ0) is 21.8. The molecule has 7 heteroatoms. The Labute approximate surface area is 189 Å². The second-order valence-corrected chi connectivity index (χ2v) is 7.79. The van der Waals surface area contributed by atoms with Crippen molar-refractivity contribution in [3.05, 3.63) is 88.7 Å². The fraction of sp³-hybridized carbons (Fsp3) is 0.125. The standard InChI is InChI=1S/C24H21BrN4O2/c1-3-31-20-14-12-19(13-15-20)29-23(17-8-10-18(25)11-9-17)27-22(28-29)24(30)26-21-7-5-4-6-16(21)2/h4-15H,3H2,1-2H3,(H,26,30). The summed E-state index contributed by atoms with van der Waals surface area (Å²) in [5, 5.41) is 7.42. The van der Waals surface area contributed by atoms with Gasteiger partial charge in [-0.15, -0.1) is 5.10 Å². The van der Waals surface area contributed by atoms with E-state index in [1.54, 1.807) is 4.68 Å². The fourth-order valence-electron chi connectivity index (χ4n) is 3.12. The van der Waals surface area contributed by atoms with Crippen molar-refractivity contribution in [2.45, 2.75) is 13.8 Å². The first kappa shape index (κ1) is 20.8. The molecule has 0 spiro atoms. The largest absolute Gasteiger partial charge is 0.494 e. The number of carbonyl (C=O) groups is 1. The third-order valence-electron chi connectivity index (χ3n) is 4.70. The van der Waals surface area contributed by atoms with Crippen LogP contribution in [0.5, 0.6) is 5.75 Å². The predicted molar refractivity (Wildman–Crippen MR) is 125 cm³/mol. The van der Waals surface area contributed by atoms with Gasteiger partial charge < -0.3 is 10.1 Å². The quantitative estimate of drug-likeness (QED) is 0.389. The van der Waals surface area contributed by atoms with Gasteiger partial charge >= 0.3 is 0 Å². The summed E-state index contributed by atoms with van der Waals surface area (Å²) >= 11 is 3.46. The van der Waals surface area contributed by atoms with E-state index in [2.05, 4.69) is 31.3 Å². The van der Waals surface area contributed by atoms with E-state index in [9.17, 15) is 4.79 Å². The molecule has 0 fully saturated rings. The summed E-state index contributed by atoms with van der Waals surface area (Å²) in [6.07, 6.45) is 0. The molecule has 156 valence electrons. The maximum atomic E-state index is 12.9. The lowest BCUT2D eigenvalue weighted by Crippen LogP contribution is -2.15. The lowest BCUT2D eigenvalue weighted by molar-refractivity contribution is 0.101. The highest BCUT2D eigenvalue weighted by Gasteiger charge is 2.19. The first-order chi connectivity index (χ1) is 15.0. The Morgan fingerprint density at radius 2 is 1.74 bits per heavy atom. The number of amides is 1. The Kier molecular flexibility index (Phi) is 6.13. The van der Waals surface area contributed by atoms with Gasteiger partial charge in [0.2, 0.25) is 5.82 Å². The molecule has 1 aromatic heterocycles. The number of nitrogens with zero attached hydrogens (tertiary/aromatic N) is 3. The van der Waals surface area contributed by atoms with Crippen molar-refractivity contribution in [2.75, 3.05) is 11.9 Å². The van der Waals surface area contributed by atoms with Gasteiger partial charge in [0.05, 0.1) is 12.3 Å². The molecule has 3 aromatic carbocycles. The summed E-state index contributed by atoms with van der Waals surface area (Å²) in [6, 6.07) is 22.9. The lowest BCUT2D eigenvalue weighted by Gasteiger charge is -2.08. The smallest absolute Gasteiger partial charge is 0.295 e. The van der Waals surface area contributed by atoms with Crippen molar-refractivity contribution in [1.29, 1.82) is 0 Å². The van der Waals surface area contributed by atoms with Crippen LogP contribution in [0.4, 0.5) is 5.69 Å². The van der Waals surface area contributed by atoms with E-state index in [-0.39, 0.29) is 11.7 Å². The van der Waals surface area contributed by atoms with Gasteiger partial charge in [-0.05, 0) is 61.9 Å². The Morgan fingerprint density at radius 1 is 1.03 bits per heavy atom. The second-order valence-electron chi connectivity index (χ2n) is 6.87. The molecule has 1 heterocycles. The van der Waals surface area contributed by atoms with E-state index >= 15 is 0 Å². The Balaban J connectivity index is 1.73. The summed E-state index contributed by atoms with van der Waals surface area (Å²) in [5.41, 5.74) is 3.33. The van der Waals surface area contributed by atoms with Gasteiger partial charge in [0.15, 0.2) is 5.82 Å². The molecule has 0 atom stereocenters. The van der Waals surface area contributed by atoms with E-state index in [0.29, 0.717) is 12.4 Å². The molecule has 1 amide bonds. The van der Waals surface area contributed by atoms with E-state index < -0.39 is 0 Å². The van der Waals surface area contributed by atoms with E-state index in [4.69, 9.17) is 4.74 Å². The molecule has 4 rings (SSSR count). The number of para-hydroxylation sites is 1. The van der Waals surface area contributed by atoms with Crippen LogP contribution in [0, 0.1) is 6.92 Å². The average Bonchev–Trinajstić information content (AvgIpc) is 3.22. The second kappa shape index (κ2) is 9.14. The van der Waals surface area contributed by atoms with Gasteiger partial charge in [-0.3, -0.25) is 4.79 Å². The number of aromatic nitrogens is 3. The van der Waals surface area contributed by atoms with Crippen molar-refractivity contribution >= 4 is 27.5 Å². The number of rotatable bonds is 6. The van der Waals surface area contributed by atoms with E-state index in [1.807, 2.05) is 86.6 Å². The minimum absolute atomic E-state index is 0.0926. The monoisotopic (exact) mass is 476 g/mol. The summed E-state index contributed by atoms with van der Waals surface area (Å²) in [4.78, 5) is 17.5. The molecule has 0 aliphatic rings. The molecule has 0 aliphatic heterocycles. The van der Waals surface area contributed by atoms with Gasteiger partial charge in [0, 0.05) is 15.7 Å². The Hall–Kier alpha value is -3.45. The Morgan fingerprint density at radius 3 is 2.42 bits per heavy atom. The molecule has 0 bridgehead atoms. The van der Waals surface area contributed by atoms with Crippen molar-refractivity contribution in [2.24, 2.45) is 0 Å². The maximum Gasteiger partial charge on any atom is 0.295 e. The zero-order valence-electron chi connectivity index (χ0n) is 17.2. The molecule has 0 saturated heterocycles. The van der Waals surface area contributed by atoms with E-state index in [1.165, 1.54) is 0 Å². The van der Waals surface area contributed by atoms with Gasteiger partial charge in [0.1, 0.15) is 5.75 Å². The number of hydrogen-bond acceptors (Lipinski definition) is 4. The molecule has 1 N–H and O–H groups in total. The third-order valence-corrected chi connectivity index (χ3v) is 5.23. The van der Waals surface area contributed by atoms with Crippen molar-refractivity contribution < 1.29 is 9.53 Å². The van der Waals surface area contributed by atoms with Crippen LogP contribution in [0.3, 0.4) is 0 Å². The first-order valence-electron chi connectivity index (χ1n) is 9.88. The van der Waals surface area contributed by atoms with Crippen LogP contribution < -0.4 is 10.1 Å². The van der Waals surface area contributed by atoms with Crippen LogP contribution in [0.2, 0.25) is 0 Å². The molecular formula is C24H21BrN4O2. The van der Waals surface area contributed by atoms with Crippen LogP contribution >= 0.6 is 15.9 Å². The normalized spacial score (nSPS) is 10.7. The van der Waals surface area contributed by atoms with Crippen LogP contribution in [0.1, 0.15) is 23.1 Å². The molecular weight excluding hydrogens is 456 g/mol. The molecule has 0 aliphatic carbocycles. The summed E-state index contributed by atoms with van der Waals surface area (Å²) < 4.78 is 8.16. The van der Waals surface area contributed by atoms with Crippen LogP contribution in [-0.4, -0.2) is 27.3 Å². The van der Waals surface area contributed by atoms with Crippen LogP contribution in [-0.2, 0) is 0 Å². The fourth-order valence-corrected chi connectivity index (χ4v) is 3.38. The number of nitrogens with one attached hydrogen (secondary N) is 1. The highest BCUT2D eigenvalue weighted by Crippen LogP contribution is 2.25. The van der Waals surface area contributed by atoms with Crippen molar-refractivity contribution in [1.82, 2.24) is 14.8 Å². The zero-order valence-corrected chi connectivity index (χ0v) is 18.8. The minimum Gasteiger partial charge on any atom is -0.494 e. The minimum atomic E-state index is -0.364.